The van der Waals surface area contributed by atoms with E-state index in [1.165, 1.54) is 18.6 Å². The second-order valence-corrected chi connectivity index (χ2v) is 3.58. The highest BCUT2D eigenvalue weighted by molar-refractivity contribution is 5.86. The lowest BCUT2D eigenvalue weighted by molar-refractivity contribution is 0.359. The average molecular weight is 139 g/mol. The Kier molecular flexibility index (Phi) is 2.12. The van der Waals surface area contributed by atoms with Crippen LogP contribution in [0.3, 0.4) is 0 Å². The maximum atomic E-state index is 4.49. The first kappa shape index (κ1) is 7.77. The maximum Gasteiger partial charge on any atom is 0.0445 e. The van der Waals surface area contributed by atoms with Gasteiger partial charge in [0, 0.05) is 12.3 Å². The van der Waals surface area contributed by atoms with Crippen LogP contribution in [0.5, 0.6) is 0 Å². The third-order valence-corrected chi connectivity index (χ3v) is 2.58. The molecule has 0 radical (unpaired) electrons. The molecule has 0 amide bonds. The fourth-order valence-corrected chi connectivity index (χ4v) is 1.38. The lowest BCUT2D eigenvalue weighted by Gasteiger charge is -2.19. The Morgan fingerprint density at radius 2 is 2.20 bits per heavy atom. The Bertz CT molecular complexity index is 149. The molecule has 58 valence electrons. The molecule has 1 heterocycles. The zero-order valence-corrected chi connectivity index (χ0v) is 7.28. The van der Waals surface area contributed by atoms with Crippen molar-refractivity contribution in [2.75, 3.05) is 6.54 Å². The number of hydrogen-bond acceptors (Lipinski definition) is 1. The Labute approximate surface area is 63.5 Å². The van der Waals surface area contributed by atoms with E-state index >= 15 is 0 Å². The Hall–Kier alpha value is -0.330. The number of rotatable bonds is 2. The van der Waals surface area contributed by atoms with Crippen LogP contribution in [-0.2, 0) is 0 Å². The summed E-state index contributed by atoms with van der Waals surface area (Å²) < 4.78 is 0. The van der Waals surface area contributed by atoms with Gasteiger partial charge in [-0.05, 0) is 24.7 Å². The van der Waals surface area contributed by atoms with Crippen LogP contribution in [-0.4, -0.2) is 12.3 Å². The van der Waals surface area contributed by atoms with Crippen LogP contribution in [0, 0.1) is 5.41 Å². The molecule has 1 aliphatic rings. The van der Waals surface area contributed by atoms with Crippen molar-refractivity contribution in [3.8, 4) is 0 Å². The fourth-order valence-electron chi connectivity index (χ4n) is 1.38. The largest absolute Gasteiger partial charge is 0.294 e. The number of nitrogens with zero attached hydrogens (tertiary/aromatic N) is 1. The second-order valence-electron chi connectivity index (χ2n) is 3.58. The van der Waals surface area contributed by atoms with E-state index in [1.54, 1.807) is 0 Å². The Morgan fingerprint density at radius 1 is 1.50 bits per heavy atom. The quantitative estimate of drug-likeness (QED) is 0.557. The summed E-state index contributed by atoms with van der Waals surface area (Å²) in [6.07, 6.45) is 3.65. The molecule has 1 aliphatic heterocycles. The first-order valence-electron chi connectivity index (χ1n) is 4.22. The summed E-state index contributed by atoms with van der Waals surface area (Å²) in [5.74, 6) is 0. The van der Waals surface area contributed by atoms with Crippen LogP contribution in [0.15, 0.2) is 4.99 Å². The fraction of sp³-hybridized carbons (Fsp3) is 0.889. The molecule has 10 heavy (non-hydrogen) atoms. The summed E-state index contributed by atoms with van der Waals surface area (Å²) in [5.41, 5.74) is 1.93. The minimum absolute atomic E-state index is 0.505. The van der Waals surface area contributed by atoms with Gasteiger partial charge in [0.1, 0.15) is 0 Å². The predicted octanol–water partition coefficient (Wildman–Crippen LogP) is 2.66. The molecular weight excluding hydrogens is 122 g/mol. The molecule has 1 unspecified atom stereocenters. The summed E-state index contributed by atoms with van der Waals surface area (Å²) in [7, 11) is 0. The molecule has 1 heteroatoms. The lowest BCUT2D eigenvalue weighted by Crippen LogP contribution is -2.15. The zero-order valence-electron chi connectivity index (χ0n) is 7.28. The summed E-state index contributed by atoms with van der Waals surface area (Å²) in [6, 6.07) is 0. The molecule has 1 atom stereocenters. The highest BCUT2D eigenvalue weighted by Crippen LogP contribution is 2.32. The van der Waals surface area contributed by atoms with Gasteiger partial charge in [0.15, 0.2) is 0 Å². The van der Waals surface area contributed by atoms with Crippen molar-refractivity contribution in [1.29, 1.82) is 0 Å². The topological polar surface area (TPSA) is 12.4 Å². The molecule has 0 aliphatic carbocycles. The van der Waals surface area contributed by atoms with E-state index in [-0.39, 0.29) is 0 Å². The Balaban J connectivity index is 2.49. The first-order valence-corrected chi connectivity index (χ1v) is 4.22. The molecule has 0 bridgehead atoms. The summed E-state index contributed by atoms with van der Waals surface area (Å²) >= 11 is 0. The summed E-state index contributed by atoms with van der Waals surface area (Å²) in [6.45, 7) is 7.85. The highest BCUT2D eigenvalue weighted by atomic mass is 14.8. The van der Waals surface area contributed by atoms with Crippen molar-refractivity contribution in [3.05, 3.63) is 0 Å². The highest BCUT2D eigenvalue weighted by Gasteiger charge is 2.27. The van der Waals surface area contributed by atoms with E-state index < -0.39 is 0 Å². The molecule has 0 spiro atoms. The minimum Gasteiger partial charge on any atom is -0.294 e. The Morgan fingerprint density at radius 3 is 2.50 bits per heavy atom. The third-order valence-electron chi connectivity index (χ3n) is 2.58. The molecule has 1 rings (SSSR count). The van der Waals surface area contributed by atoms with Crippen molar-refractivity contribution < 1.29 is 0 Å². The number of hydrogen-bond donors (Lipinski definition) is 0. The lowest BCUT2D eigenvalue weighted by atomic mass is 9.84. The van der Waals surface area contributed by atoms with Gasteiger partial charge in [0.2, 0.25) is 0 Å². The average Bonchev–Trinajstić information content (AvgIpc) is 2.33. The summed E-state index contributed by atoms with van der Waals surface area (Å²) in [5, 5.41) is 0. The van der Waals surface area contributed by atoms with Crippen molar-refractivity contribution in [3.63, 3.8) is 0 Å². The molecule has 0 aromatic carbocycles. The van der Waals surface area contributed by atoms with Crippen LogP contribution >= 0.6 is 0 Å². The third kappa shape index (κ3) is 1.39. The normalized spacial score (nSPS) is 32.5. The van der Waals surface area contributed by atoms with Gasteiger partial charge < -0.3 is 0 Å². The van der Waals surface area contributed by atoms with Crippen molar-refractivity contribution in [1.82, 2.24) is 0 Å². The van der Waals surface area contributed by atoms with E-state index in [0.717, 1.165) is 13.0 Å². The molecular formula is C9H17N. The monoisotopic (exact) mass is 139 g/mol. The standard InChI is InChI=1S/C9H17N/c1-4-8-6-9(3,5-2)7-10-8/h4-7H2,1-3H3. The van der Waals surface area contributed by atoms with Gasteiger partial charge in [-0.25, -0.2) is 0 Å². The van der Waals surface area contributed by atoms with Crippen molar-refractivity contribution in [2.45, 2.75) is 40.0 Å². The first-order chi connectivity index (χ1) is 4.70. The van der Waals surface area contributed by atoms with Gasteiger partial charge >= 0.3 is 0 Å². The van der Waals surface area contributed by atoms with E-state index in [9.17, 15) is 0 Å². The van der Waals surface area contributed by atoms with Crippen LogP contribution in [0.4, 0.5) is 0 Å². The molecule has 0 N–H and O–H groups in total. The van der Waals surface area contributed by atoms with E-state index in [2.05, 4.69) is 25.8 Å². The van der Waals surface area contributed by atoms with Gasteiger partial charge in [-0.3, -0.25) is 4.99 Å². The summed E-state index contributed by atoms with van der Waals surface area (Å²) in [4.78, 5) is 4.49. The van der Waals surface area contributed by atoms with Gasteiger partial charge in [0.05, 0.1) is 0 Å². The van der Waals surface area contributed by atoms with Crippen molar-refractivity contribution >= 4 is 5.71 Å². The van der Waals surface area contributed by atoms with E-state index in [0.29, 0.717) is 5.41 Å². The predicted molar refractivity (Wildman–Crippen MR) is 45.6 cm³/mol. The molecule has 0 aromatic heterocycles. The van der Waals surface area contributed by atoms with Crippen LogP contribution in [0.1, 0.15) is 40.0 Å². The second kappa shape index (κ2) is 2.73. The molecule has 0 saturated heterocycles. The number of aliphatic imine (C=N–C) groups is 1. The van der Waals surface area contributed by atoms with Crippen LogP contribution in [0.2, 0.25) is 0 Å². The maximum absolute atomic E-state index is 4.49. The van der Waals surface area contributed by atoms with E-state index in [1.807, 2.05) is 0 Å². The molecule has 0 saturated carbocycles. The van der Waals surface area contributed by atoms with Crippen molar-refractivity contribution in [2.24, 2.45) is 10.4 Å². The molecule has 0 aromatic rings. The molecule has 1 nitrogen and oxygen atoms in total. The van der Waals surface area contributed by atoms with Crippen LogP contribution < -0.4 is 0 Å². The van der Waals surface area contributed by atoms with Gasteiger partial charge in [-0.2, -0.15) is 0 Å². The van der Waals surface area contributed by atoms with Gasteiger partial charge in [0.25, 0.3) is 0 Å². The van der Waals surface area contributed by atoms with Crippen LogP contribution in [0.25, 0.3) is 0 Å². The van der Waals surface area contributed by atoms with Gasteiger partial charge in [-0.15, -0.1) is 0 Å². The van der Waals surface area contributed by atoms with E-state index in [4.69, 9.17) is 0 Å². The molecule has 0 fully saturated rings. The van der Waals surface area contributed by atoms with Gasteiger partial charge in [-0.1, -0.05) is 20.8 Å². The zero-order chi connectivity index (χ0) is 7.61. The minimum atomic E-state index is 0.505. The smallest absolute Gasteiger partial charge is 0.0445 e. The SMILES string of the molecule is CCC1=NCC(C)(CC)C1.